The van der Waals surface area contributed by atoms with Crippen molar-refractivity contribution < 1.29 is 0 Å². The second kappa shape index (κ2) is 4.93. The third-order valence-electron chi connectivity index (χ3n) is 3.57. The Bertz CT molecular complexity index is 620. The molecule has 0 amide bonds. The maximum absolute atomic E-state index is 6.17. The Morgan fingerprint density at radius 1 is 1.26 bits per heavy atom. The number of aryl methyl sites for hydroxylation is 1. The van der Waals surface area contributed by atoms with E-state index in [9.17, 15) is 0 Å². The molecular weight excluding hydrogens is 256 g/mol. The van der Waals surface area contributed by atoms with Crippen LogP contribution in [-0.4, -0.2) is 9.97 Å². The van der Waals surface area contributed by atoms with Crippen LogP contribution < -0.4 is 0 Å². The monoisotopic (exact) mass is 272 g/mol. The van der Waals surface area contributed by atoms with Crippen molar-refractivity contribution in [2.75, 3.05) is 0 Å². The van der Waals surface area contributed by atoms with Gasteiger partial charge in [0.25, 0.3) is 0 Å². The number of aromatic nitrogens is 2. The van der Waals surface area contributed by atoms with E-state index in [1.54, 1.807) is 6.20 Å². The van der Waals surface area contributed by atoms with Crippen LogP contribution in [0.1, 0.15) is 30.5 Å². The molecule has 2 nitrogen and oxygen atoms in total. The average molecular weight is 273 g/mol. The normalized spacial score (nSPS) is 13.3. The molecule has 0 N–H and O–H groups in total. The molecule has 1 aliphatic rings. The molecule has 0 saturated carbocycles. The summed E-state index contributed by atoms with van der Waals surface area (Å²) in [5.74, 6) is 0.661. The zero-order valence-electron chi connectivity index (χ0n) is 11.3. The summed E-state index contributed by atoms with van der Waals surface area (Å²) in [6.45, 7) is 4.47. The molecule has 98 valence electrons. The second-order valence-corrected chi connectivity index (χ2v) is 5.94. The van der Waals surface area contributed by atoms with Gasteiger partial charge in [-0.05, 0) is 47.9 Å². The van der Waals surface area contributed by atoms with Crippen LogP contribution in [0.3, 0.4) is 0 Å². The van der Waals surface area contributed by atoms with Crippen LogP contribution in [0.25, 0.3) is 11.3 Å². The molecule has 0 saturated heterocycles. The van der Waals surface area contributed by atoms with Gasteiger partial charge in [0.15, 0.2) is 0 Å². The summed E-state index contributed by atoms with van der Waals surface area (Å²) in [7, 11) is 0. The first-order valence-corrected chi connectivity index (χ1v) is 7.14. The van der Waals surface area contributed by atoms with Crippen molar-refractivity contribution in [3.05, 3.63) is 46.4 Å². The highest BCUT2D eigenvalue weighted by Gasteiger charge is 2.20. The van der Waals surface area contributed by atoms with Crippen molar-refractivity contribution in [1.29, 1.82) is 0 Å². The highest BCUT2D eigenvalue weighted by molar-refractivity contribution is 6.30. The number of nitrogens with zero attached hydrogens (tertiary/aromatic N) is 2. The van der Waals surface area contributed by atoms with Crippen LogP contribution in [0.4, 0.5) is 0 Å². The zero-order chi connectivity index (χ0) is 13.4. The van der Waals surface area contributed by atoms with Gasteiger partial charge in [-0.1, -0.05) is 31.5 Å². The fraction of sp³-hybridized carbons (Fsp3) is 0.375. The van der Waals surface area contributed by atoms with Crippen molar-refractivity contribution in [3.8, 4) is 11.3 Å². The van der Waals surface area contributed by atoms with Crippen molar-refractivity contribution in [3.63, 3.8) is 0 Å². The maximum atomic E-state index is 6.17. The molecule has 2 heterocycles. The van der Waals surface area contributed by atoms with Crippen molar-refractivity contribution in [2.45, 2.75) is 33.1 Å². The number of hydrogen-bond donors (Lipinski definition) is 0. The lowest BCUT2D eigenvalue weighted by Gasteiger charge is -2.20. The number of fused-ring (bicyclic) bond motifs is 3. The van der Waals surface area contributed by atoms with E-state index in [4.69, 9.17) is 11.6 Å². The van der Waals surface area contributed by atoms with Gasteiger partial charge < -0.3 is 0 Å². The van der Waals surface area contributed by atoms with Gasteiger partial charge in [0.1, 0.15) is 5.15 Å². The van der Waals surface area contributed by atoms with Gasteiger partial charge in [-0.25, -0.2) is 4.98 Å². The van der Waals surface area contributed by atoms with E-state index >= 15 is 0 Å². The van der Waals surface area contributed by atoms with Crippen molar-refractivity contribution in [1.82, 2.24) is 9.97 Å². The van der Waals surface area contributed by atoms with Crippen LogP contribution in [-0.2, 0) is 19.3 Å². The van der Waals surface area contributed by atoms with Gasteiger partial charge in [-0.15, -0.1) is 0 Å². The molecule has 1 aliphatic carbocycles. The molecule has 0 atom stereocenters. The van der Waals surface area contributed by atoms with Gasteiger partial charge in [-0.2, -0.15) is 0 Å². The fourth-order valence-electron chi connectivity index (χ4n) is 2.76. The van der Waals surface area contributed by atoms with E-state index in [0.29, 0.717) is 11.1 Å². The van der Waals surface area contributed by atoms with E-state index in [0.717, 1.165) is 36.1 Å². The summed E-state index contributed by atoms with van der Waals surface area (Å²) in [6.07, 6.45) is 6.82. The quantitative estimate of drug-likeness (QED) is 0.770. The zero-order valence-corrected chi connectivity index (χ0v) is 12.0. The van der Waals surface area contributed by atoms with Gasteiger partial charge in [0.2, 0.25) is 0 Å². The fourth-order valence-corrected chi connectivity index (χ4v) is 3.01. The van der Waals surface area contributed by atoms with Crippen LogP contribution >= 0.6 is 11.6 Å². The Kier molecular flexibility index (Phi) is 3.28. The predicted molar refractivity (Wildman–Crippen MR) is 78.4 cm³/mol. The lowest BCUT2D eigenvalue weighted by atomic mass is 9.89. The minimum absolute atomic E-state index is 0.621. The summed E-state index contributed by atoms with van der Waals surface area (Å²) in [5, 5.41) is 0.621. The molecule has 0 unspecified atom stereocenters. The molecule has 19 heavy (non-hydrogen) atoms. The van der Waals surface area contributed by atoms with Crippen LogP contribution in [0.5, 0.6) is 0 Å². The molecule has 0 radical (unpaired) electrons. The smallest absolute Gasteiger partial charge is 0.132 e. The molecule has 2 aromatic rings. The van der Waals surface area contributed by atoms with Crippen LogP contribution in [0.2, 0.25) is 5.15 Å². The molecule has 0 bridgehead atoms. The van der Waals surface area contributed by atoms with E-state index in [1.807, 2.05) is 12.3 Å². The van der Waals surface area contributed by atoms with Crippen molar-refractivity contribution in [2.24, 2.45) is 5.92 Å². The Hall–Kier alpha value is -1.41. The summed E-state index contributed by atoms with van der Waals surface area (Å²) >= 11 is 6.17. The van der Waals surface area contributed by atoms with E-state index in [2.05, 4.69) is 29.9 Å². The third-order valence-corrected chi connectivity index (χ3v) is 3.90. The van der Waals surface area contributed by atoms with Gasteiger partial charge in [-0.3, -0.25) is 4.98 Å². The van der Waals surface area contributed by atoms with Crippen LogP contribution in [0, 0.1) is 5.92 Å². The molecule has 3 heteroatoms. The van der Waals surface area contributed by atoms with Gasteiger partial charge >= 0.3 is 0 Å². The lowest BCUT2D eigenvalue weighted by molar-refractivity contribution is 0.644. The summed E-state index contributed by atoms with van der Waals surface area (Å²) < 4.78 is 0. The average Bonchev–Trinajstić information content (AvgIpc) is 2.38. The molecule has 0 aromatic carbocycles. The van der Waals surface area contributed by atoms with Crippen LogP contribution in [0.15, 0.2) is 24.5 Å². The molecular formula is C16H17ClN2. The molecule has 2 aromatic heterocycles. The first kappa shape index (κ1) is 12.6. The first-order chi connectivity index (χ1) is 9.15. The summed E-state index contributed by atoms with van der Waals surface area (Å²) in [6, 6.07) is 4.33. The van der Waals surface area contributed by atoms with Gasteiger partial charge in [0.05, 0.1) is 5.69 Å². The number of rotatable bonds is 2. The first-order valence-electron chi connectivity index (χ1n) is 6.76. The van der Waals surface area contributed by atoms with Crippen molar-refractivity contribution >= 4 is 11.6 Å². The highest BCUT2D eigenvalue weighted by Crippen LogP contribution is 2.34. The summed E-state index contributed by atoms with van der Waals surface area (Å²) in [5.41, 5.74) is 6.04. The molecule has 0 aliphatic heterocycles. The SMILES string of the molecule is CC(C)Cc1cnc2c(c1)CCc1c-2ccnc1Cl. The number of pyridine rings is 2. The minimum atomic E-state index is 0.621. The number of hydrogen-bond acceptors (Lipinski definition) is 2. The molecule has 0 fully saturated rings. The number of halogens is 1. The maximum Gasteiger partial charge on any atom is 0.132 e. The lowest BCUT2D eigenvalue weighted by Crippen LogP contribution is -2.08. The Labute approximate surface area is 118 Å². The topological polar surface area (TPSA) is 25.8 Å². The minimum Gasteiger partial charge on any atom is -0.256 e. The Morgan fingerprint density at radius 2 is 2.11 bits per heavy atom. The molecule has 3 rings (SSSR count). The molecule has 0 spiro atoms. The van der Waals surface area contributed by atoms with E-state index in [1.165, 1.54) is 11.1 Å². The highest BCUT2D eigenvalue weighted by atomic mass is 35.5. The third kappa shape index (κ3) is 2.37. The predicted octanol–water partition coefficient (Wildman–Crippen LogP) is 4.09. The standard InChI is InChI=1S/C16H17ClN2/c1-10(2)7-11-8-12-3-4-14-13(15(12)19-9-11)5-6-18-16(14)17/h5-6,8-10H,3-4,7H2,1-2H3. The Morgan fingerprint density at radius 3 is 2.89 bits per heavy atom. The van der Waals surface area contributed by atoms with Gasteiger partial charge in [0, 0.05) is 18.0 Å². The largest absolute Gasteiger partial charge is 0.256 e. The summed E-state index contributed by atoms with van der Waals surface area (Å²) in [4.78, 5) is 8.83. The Balaban J connectivity index is 2.06. The van der Waals surface area contributed by atoms with E-state index < -0.39 is 0 Å². The second-order valence-electron chi connectivity index (χ2n) is 5.58. The van der Waals surface area contributed by atoms with E-state index in [-0.39, 0.29) is 0 Å².